The molecule has 3 aromatic rings. The van der Waals surface area contributed by atoms with E-state index in [9.17, 15) is 25.9 Å². The third-order valence-electron chi connectivity index (χ3n) is 3.90. The molecule has 0 saturated carbocycles. The minimum atomic E-state index is -4.35. The van der Waals surface area contributed by atoms with E-state index in [0.717, 1.165) is 9.60 Å². The second-order valence-corrected chi connectivity index (χ2v) is 12.2. The number of anilines is 1. The van der Waals surface area contributed by atoms with E-state index in [4.69, 9.17) is 11.6 Å². The Labute approximate surface area is 183 Å². The van der Waals surface area contributed by atoms with Crippen LogP contribution in [0.1, 0.15) is 5.01 Å². The van der Waals surface area contributed by atoms with Crippen LogP contribution in [0.4, 0.5) is 5.69 Å². The number of benzene rings is 1. The topological polar surface area (TPSA) is 116 Å². The summed E-state index contributed by atoms with van der Waals surface area (Å²) in [5.41, 5.74) is 1.17. The van der Waals surface area contributed by atoms with Crippen molar-refractivity contribution >= 4 is 88.3 Å². The van der Waals surface area contributed by atoms with Crippen LogP contribution >= 0.6 is 46.0 Å². The fourth-order valence-corrected chi connectivity index (χ4v) is 7.59. The van der Waals surface area contributed by atoms with Crippen LogP contribution in [0.2, 0.25) is 5.02 Å². The van der Waals surface area contributed by atoms with Crippen molar-refractivity contribution in [3.8, 4) is 0 Å². The van der Waals surface area contributed by atoms with Crippen LogP contribution in [0.3, 0.4) is 0 Å². The first kappa shape index (κ1) is 21.1. The first-order chi connectivity index (χ1) is 13.5. The van der Waals surface area contributed by atoms with E-state index < -0.39 is 32.0 Å². The van der Waals surface area contributed by atoms with Gasteiger partial charge in [0.15, 0.2) is 5.88 Å². The molecule has 29 heavy (non-hydrogen) atoms. The van der Waals surface area contributed by atoms with Crippen LogP contribution in [-0.4, -0.2) is 31.8 Å². The largest absolute Gasteiger partial charge is 0.326 e. The third-order valence-corrected chi connectivity index (χ3v) is 8.39. The van der Waals surface area contributed by atoms with Crippen LogP contribution in [-0.2, 0) is 26.1 Å². The summed E-state index contributed by atoms with van der Waals surface area (Å²) < 4.78 is 67.0. The highest BCUT2D eigenvalue weighted by Crippen LogP contribution is 2.49. The molecule has 0 saturated heterocycles. The molecule has 0 radical (unpaired) electrons. The molecule has 3 heterocycles. The highest BCUT2D eigenvalue weighted by Gasteiger charge is 2.32. The van der Waals surface area contributed by atoms with E-state index in [0.29, 0.717) is 26.3 Å². The van der Waals surface area contributed by atoms with Gasteiger partial charge in [0.25, 0.3) is 21.0 Å². The molecule has 0 atom stereocenters. The standard InChI is InChI=1S/C15H11ClN2O6S5/c16-9-1-2-12-10(3-9)17(7-28(19,20)21)14(26-12)4-15-18(8-29(22,23)24)11-5-25-6-13(11)27-15/h1-6H,7-8H2,(H-,19,20,21,22,23,24)/p+1. The number of thiophene rings is 1. The van der Waals surface area contributed by atoms with Crippen LogP contribution in [0.25, 0.3) is 16.3 Å². The second-order valence-electron chi connectivity index (χ2n) is 6.04. The van der Waals surface area contributed by atoms with Gasteiger partial charge >= 0.3 is 10.1 Å². The number of hydrogen-bond acceptors (Lipinski definition) is 8. The van der Waals surface area contributed by atoms with Crippen LogP contribution in [0.5, 0.6) is 0 Å². The molecule has 0 unspecified atom stereocenters. The lowest BCUT2D eigenvalue weighted by Gasteiger charge is -2.17. The maximum atomic E-state index is 11.6. The summed E-state index contributed by atoms with van der Waals surface area (Å²) in [6.07, 6.45) is 1.63. The Kier molecular flexibility index (Phi) is 5.44. The molecule has 14 heteroatoms. The molecule has 0 aliphatic carbocycles. The Morgan fingerprint density at radius 3 is 2.59 bits per heavy atom. The lowest BCUT2D eigenvalue weighted by Crippen LogP contribution is -2.39. The summed E-state index contributed by atoms with van der Waals surface area (Å²) in [5, 5.41) is 5.00. The number of aromatic nitrogens is 1. The molecule has 1 aromatic carbocycles. The van der Waals surface area contributed by atoms with Gasteiger partial charge in [0.05, 0.1) is 16.8 Å². The van der Waals surface area contributed by atoms with E-state index in [1.54, 1.807) is 29.7 Å². The number of fused-ring (bicyclic) bond motifs is 2. The Morgan fingerprint density at radius 1 is 1.14 bits per heavy atom. The average molecular weight is 512 g/mol. The number of thiazole rings is 1. The summed E-state index contributed by atoms with van der Waals surface area (Å²) >= 11 is 10.0. The highest BCUT2D eigenvalue weighted by atomic mass is 35.5. The molecular weight excluding hydrogens is 500 g/mol. The number of thioether (sulfide) groups is 1. The van der Waals surface area contributed by atoms with Gasteiger partial charge in [-0.2, -0.15) is 21.4 Å². The van der Waals surface area contributed by atoms with Crippen molar-refractivity contribution in [1.29, 1.82) is 0 Å². The molecule has 0 fully saturated rings. The Bertz CT molecular complexity index is 1360. The molecule has 0 spiro atoms. The maximum absolute atomic E-state index is 11.6. The molecule has 1 aliphatic heterocycles. The van der Waals surface area contributed by atoms with Gasteiger partial charge in [-0.05, 0) is 12.1 Å². The maximum Gasteiger partial charge on any atom is 0.326 e. The third kappa shape index (κ3) is 4.61. The van der Waals surface area contributed by atoms with Crippen LogP contribution < -0.4 is 9.47 Å². The molecule has 154 valence electrons. The van der Waals surface area contributed by atoms with Crippen LogP contribution in [0.15, 0.2) is 38.9 Å². The van der Waals surface area contributed by atoms with Crippen LogP contribution in [0, 0.1) is 0 Å². The highest BCUT2D eigenvalue weighted by molar-refractivity contribution is 8.04. The van der Waals surface area contributed by atoms with Crippen molar-refractivity contribution in [2.75, 3.05) is 10.8 Å². The molecule has 4 rings (SSSR count). The number of hydrogen-bond donors (Lipinski definition) is 2. The Hall–Kier alpha value is -1.19. The van der Waals surface area contributed by atoms with Gasteiger partial charge in [-0.25, -0.2) is 0 Å². The SMILES string of the molecule is O=S(=O)(O)CN1C(=Cc2sc3ccc(Cl)cc3[n+]2CS(=O)(=O)O)Sc2cscc21. The van der Waals surface area contributed by atoms with Gasteiger partial charge in [-0.1, -0.05) is 34.7 Å². The van der Waals surface area contributed by atoms with E-state index in [1.165, 1.54) is 43.9 Å². The molecule has 0 bridgehead atoms. The Morgan fingerprint density at radius 2 is 1.90 bits per heavy atom. The minimum Gasteiger partial charge on any atom is -0.316 e. The number of halogens is 1. The molecule has 0 amide bonds. The summed E-state index contributed by atoms with van der Waals surface area (Å²) in [6.45, 7) is 0. The van der Waals surface area contributed by atoms with Crippen molar-refractivity contribution in [2.24, 2.45) is 0 Å². The minimum absolute atomic E-state index is 0.406. The van der Waals surface area contributed by atoms with E-state index in [-0.39, 0.29) is 0 Å². The number of nitrogens with zero attached hydrogens (tertiary/aromatic N) is 2. The van der Waals surface area contributed by atoms with Crippen molar-refractivity contribution < 1.29 is 30.5 Å². The number of rotatable bonds is 5. The second kappa shape index (κ2) is 7.50. The molecule has 1 aliphatic rings. The normalized spacial score (nSPS) is 16.1. The van der Waals surface area contributed by atoms with E-state index >= 15 is 0 Å². The monoisotopic (exact) mass is 511 g/mol. The predicted molar refractivity (Wildman–Crippen MR) is 116 cm³/mol. The molecular formula is C15H12ClN2O6S5+. The van der Waals surface area contributed by atoms with Gasteiger partial charge < -0.3 is 4.90 Å². The van der Waals surface area contributed by atoms with Gasteiger partial charge in [0.2, 0.25) is 5.52 Å². The van der Waals surface area contributed by atoms with Gasteiger partial charge in [-0.3, -0.25) is 9.11 Å². The molecule has 2 aromatic heterocycles. The van der Waals surface area contributed by atoms with Crippen molar-refractivity contribution in [3.05, 3.63) is 44.0 Å². The molecule has 8 nitrogen and oxygen atoms in total. The van der Waals surface area contributed by atoms with E-state index in [1.807, 2.05) is 5.38 Å². The lowest BCUT2D eigenvalue weighted by atomic mass is 10.3. The van der Waals surface area contributed by atoms with Gasteiger partial charge in [0, 0.05) is 26.7 Å². The van der Waals surface area contributed by atoms with Gasteiger partial charge in [-0.15, -0.1) is 11.3 Å². The fourth-order valence-electron chi connectivity index (χ4n) is 2.83. The average Bonchev–Trinajstić information content (AvgIpc) is 3.23. The summed E-state index contributed by atoms with van der Waals surface area (Å²) in [7, 11) is -8.65. The zero-order chi connectivity index (χ0) is 21.0. The first-order valence-electron chi connectivity index (χ1n) is 7.76. The smallest absolute Gasteiger partial charge is 0.316 e. The van der Waals surface area contributed by atoms with Crippen molar-refractivity contribution in [2.45, 2.75) is 10.8 Å². The summed E-state index contributed by atoms with van der Waals surface area (Å²) in [5.74, 6) is -1.32. The lowest BCUT2D eigenvalue weighted by molar-refractivity contribution is -0.649. The zero-order valence-electron chi connectivity index (χ0n) is 14.2. The van der Waals surface area contributed by atoms with E-state index in [2.05, 4.69) is 0 Å². The zero-order valence-corrected chi connectivity index (χ0v) is 19.1. The quantitative estimate of drug-likeness (QED) is 0.395. The van der Waals surface area contributed by atoms with Crippen molar-refractivity contribution in [3.63, 3.8) is 0 Å². The first-order valence-corrected chi connectivity index (χ1v) is 13.9. The summed E-state index contributed by atoms with van der Waals surface area (Å²) in [6, 6.07) is 5.00. The van der Waals surface area contributed by atoms with Crippen molar-refractivity contribution in [1.82, 2.24) is 0 Å². The fraction of sp³-hybridized carbons (Fsp3) is 0.133. The predicted octanol–water partition coefficient (Wildman–Crippen LogP) is 3.51. The van der Waals surface area contributed by atoms with Gasteiger partial charge in [0.1, 0.15) is 4.70 Å². The summed E-state index contributed by atoms with van der Waals surface area (Å²) in [4.78, 5) is 2.27. The Balaban J connectivity index is 1.87. The molecule has 2 N–H and O–H groups in total.